The fraction of sp³-hybridized carbons (Fsp3) is 0.462. The van der Waals surface area contributed by atoms with Gasteiger partial charge in [-0.25, -0.2) is 9.59 Å². The normalized spacial score (nSPS) is 29.4. The number of ether oxygens (including phenoxy) is 4. The van der Waals surface area contributed by atoms with E-state index >= 15 is 0 Å². The standard InChI is InChI=1S/C26H26N2O11/c1-36-15-7-10(8-16(37-2)20(15)29)17-11-5-6-12-18(23(32)27(21(12)30)25(34)38-3)13(11)9-14-19(17)24(33)28(22(14)31)26(35)39-4/h5,7-8,12-14,17-19,29H,6,9H2,1-4H3. The summed E-state index contributed by atoms with van der Waals surface area (Å²) in [6.07, 6.45) is -0.367. The number of imide groups is 6. The Bertz CT molecular complexity index is 1330. The molecular weight excluding hydrogens is 516 g/mol. The number of fused-ring (bicyclic) bond motifs is 4. The summed E-state index contributed by atoms with van der Waals surface area (Å²) >= 11 is 0. The minimum absolute atomic E-state index is 0.00732. The number of phenols is 1. The number of amides is 6. The van der Waals surface area contributed by atoms with Gasteiger partial charge in [0.2, 0.25) is 29.4 Å². The van der Waals surface area contributed by atoms with E-state index in [-0.39, 0.29) is 30.1 Å². The van der Waals surface area contributed by atoms with Gasteiger partial charge in [0, 0.05) is 5.92 Å². The zero-order valence-corrected chi connectivity index (χ0v) is 21.5. The Morgan fingerprint density at radius 2 is 1.28 bits per heavy atom. The second kappa shape index (κ2) is 9.40. The van der Waals surface area contributed by atoms with Crippen molar-refractivity contribution in [2.24, 2.45) is 29.6 Å². The average Bonchev–Trinajstić information content (AvgIpc) is 3.35. The van der Waals surface area contributed by atoms with Crippen LogP contribution in [0, 0.1) is 29.6 Å². The number of hydrogen-bond donors (Lipinski definition) is 1. The molecule has 6 amide bonds. The maximum Gasteiger partial charge on any atom is 0.423 e. The first-order chi connectivity index (χ1) is 18.6. The Morgan fingerprint density at radius 1 is 0.769 bits per heavy atom. The van der Waals surface area contributed by atoms with Crippen molar-refractivity contribution in [2.75, 3.05) is 28.4 Å². The van der Waals surface area contributed by atoms with Crippen molar-refractivity contribution in [3.63, 3.8) is 0 Å². The molecule has 13 nitrogen and oxygen atoms in total. The maximum atomic E-state index is 13.6. The Labute approximate surface area is 222 Å². The van der Waals surface area contributed by atoms with Gasteiger partial charge in [0.15, 0.2) is 11.5 Å². The number of rotatable bonds is 3. The molecule has 3 fully saturated rings. The Kier molecular flexibility index (Phi) is 6.31. The molecule has 0 radical (unpaired) electrons. The van der Waals surface area contributed by atoms with E-state index in [2.05, 4.69) is 9.47 Å². The van der Waals surface area contributed by atoms with E-state index in [1.807, 2.05) is 0 Å². The van der Waals surface area contributed by atoms with E-state index in [1.165, 1.54) is 26.4 Å². The fourth-order valence-electron chi connectivity index (χ4n) is 6.60. The summed E-state index contributed by atoms with van der Waals surface area (Å²) in [5.41, 5.74) is 1.04. The van der Waals surface area contributed by atoms with Crippen LogP contribution < -0.4 is 9.47 Å². The van der Waals surface area contributed by atoms with Gasteiger partial charge >= 0.3 is 12.2 Å². The van der Waals surface area contributed by atoms with Gasteiger partial charge in [-0.3, -0.25) is 19.2 Å². The molecular formula is C26H26N2O11. The van der Waals surface area contributed by atoms with Crippen molar-refractivity contribution in [3.8, 4) is 17.2 Å². The van der Waals surface area contributed by atoms with E-state index in [0.717, 1.165) is 14.2 Å². The predicted molar refractivity (Wildman–Crippen MR) is 127 cm³/mol. The molecule has 2 aliphatic heterocycles. The van der Waals surface area contributed by atoms with Crippen molar-refractivity contribution >= 4 is 35.8 Å². The number of nitrogens with zero attached hydrogens (tertiary/aromatic N) is 2. The van der Waals surface area contributed by atoms with Gasteiger partial charge in [-0.1, -0.05) is 11.6 Å². The van der Waals surface area contributed by atoms with Crippen LogP contribution in [0.5, 0.6) is 17.2 Å². The summed E-state index contributed by atoms with van der Waals surface area (Å²) in [5.74, 6) is -8.61. The first-order valence-corrected chi connectivity index (χ1v) is 12.2. The summed E-state index contributed by atoms with van der Waals surface area (Å²) in [5, 5.41) is 10.5. The highest BCUT2D eigenvalue weighted by Gasteiger charge is 2.63. The number of carbonyl (C=O) groups excluding carboxylic acids is 6. The third kappa shape index (κ3) is 3.59. The molecule has 1 aromatic carbocycles. The molecule has 6 atom stereocenters. The number of phenolic OH excluding ortho intramolecular Hbond substituents is 1. The van der Waals surface area contributed by atoms with Gasteiger partial charge in [0.25, 0.3) is 0 Å². The maximum absolute atomic E-state index is 13.6. The quantitative estimate of drug-likeness (QED) is 0.435. The van der Waals surface area contributed by atoms with Crippen molar-refractivity contribution in [3.05, 3.63) is 29.3 Å². The fourth-order valence-corrected chi connectivity index (χ4v) is 6.60. The minimum Gasteiger partial charge on any atom is -0.502 e. The third-order valence-corrected chi connectivity index (χ3v) is 8.22. The number of methoxy groups -OCH3 is 4. The molecule has 6 unspecified atom stereocenters. The van der Waals surface area contributed by atoms with Crippen LogP contribution in [0.2, 0.25) is 0 Å². The molecule has 0 aromatic heterocycles. The lowest BCUT2D eigenvalue weighted by Gasteiger charge is -2.44. The topological polar surface area (TPSA) is 166 Å². The molecule has 13 heteroatoms. The zero-order valence-electron chi connectivity index (χ0n) is 21.5. The highest BCUT2D eigenvalue weighted by molar-refractivity contribution is 6.17. The molecule has 206 valence electrons. The largest absolute Gasteiger partial charge is 0.502 e. The summed E-state index contributed by atoms with van der Waals surface area (Å²) in [6.45, 7) is 0. The summed E-state index contributed by atoms with van der Waals surface area (Å²) in [6, 6.07) is 2.99. The van der Waals surface area contributed by atoms with Crippen LogP contribution in [-0.2, 0) is 28.7 Å². The van der Waals surface area contributed by atoms with Crippen LogP contribution in [0.3, 0.4) is 0 Å². The Morgan fingerprint density at radius 3 is 1.79 bits per heavy atom. The van der Waals surface area contributed by atoms with Crippen LogP contribution in [0.1, 0.15) is 24.3 Å². The van der Waals surface area contributed by atoms with Gasteiger partial charge in [0.1, 0.15) is 0 Å². The van der Waals surface area contributed by atoms with Gasteiger partial charge < -0.3 is 24.1 Å². The monoisotopic (exact) mass is 542 g/mol. The number of aromatic hydroxyl groups is 1. The van der Waals surface area contributed by atoms with Crippen LogP contribution in [0.15, 0.2) is 23.8 Å². The van der Waals surface area contributed by atoms with Crippen molar-refractivity contribution in [2.45, 2.75) is 18.8 Å². The summed E-state index contributed by atoms with van der Waals surface area (Å²) in [7, 11) is 4.78. The zero-order chi connectivity index (χ0) is 28.3. The van der Waals surface area contributed by atoms with E-state index in [4.69, 9.17) is 9.47 Å². The van der Waals surface area contributed by atoms with Gasteiger partial charge in [-0.2, -0.15) is 9.80 Å². The van der Waals surface area contributed by atoms with Crippen LogP contribution in [0.4, 0.5) is 9.59 Å². The van der Waals surface area contributed by atoms with E-state index in [0.29, 0.717) is 20.9 Å². The Balaban J connectivity index is 1.68. The molecule has 5 rings (SSSR count). The van der Waals surface area contributed by atoms with Gasteiger partial charge in [-0.15, -0.1) is 0 Å². The molecule has 2 saturated heterocycles. The second-order valence-electron chi connectivity index (χ2n) is 9.76. The molecule has 2 heterocycles. The molecule has 4 aliphatic rings. The lowest BCUT2D eigenvalue weighted by atomic mass is 9.57. The van der Waals surface area contributed by atoms with Crippen LogP contribution in [-0.4, -0.2) is 79.2 Å². The number of carbonyl (C=O) groups is 6. The molecule has 2 aliphatic carbocycles. The molecule has 39 heavy (non-hydrogen) atoms. The summed E-state index contributed by atoms with van der Waals surface area (Å²) in [4.78, 5) is 79.1. The predicted octanol–water partition coefficient (Wildman–Crippen LogP) is 1.58. The highest BCUT2D eigenvalue weighted by atomic mass is 16.6. The third-order valence-electron chi connectivity index (χ3n) is 8.22. The molecule has 1 aromatic rings. The second-order valence-corrected chi connectivity index (χ2v) is 9.76. The van der Waals surface area contributed by atoms with Crippen molar-refractivity contribution < 1.29 is 52.8 Å². The molecule has 0 bridgehead atoms. The van der Waals surface area contributed by atoms with E-state index in [1.54, 1.807) is 6.08 Å². The Hall–Kier alpha value is -4.42. The molecule has 0 spiro atoms. The average molecular weight is 542 g/mol. The lowest BCUT2D eigenvalue weighted by Crippen LogP contribution is -2.43. The first kappa shape index (κ1) is 26.2. The van der Waals surface area contributed by atoms with Gasteiger partial charge in [0.05, 0.1) is 52.1 Å². The number of allylic oxidation sites excluding steroid dienone is 2. The molecule has 1 saturated carbocycles. The number of likely N-dealkylation sites (tertiary alicyclic amines) is 2. The summed E-state index contributed by atoms with van der Waals surface area (Å²) < 4.78 is 19.9. The smallest absolute Gasteiger partial charge is 0.423 e. The first-order valence-electron chi connectivity index (χ1n) is 12.2. The SMILES string of the molecule is COC(=O)N1C(=O)C2CC=C3C(CC4C(=O)N(C(=O)OC)C(=O)C4C3c3cc(OC)c(O)c(OC)c3)C2C1=O. The van der Waals surface area contributed by atoms with Crippen LogP contribution in [0.25, 0.3) is 0 Å². The highest BCUT2D eigenvalue weighted by Crippen LogP contribution is 2.58. The van der Waals surface area contributed by atoms with E-state index < -0.39 is 71.3 Å². The lowest BCUT2D eigenvalue weighted by molar-refractivity contribution is -0.139. The van der Waals surface area contributed by atoms with Crippen molar-refractivity contribution in [1.82, 2.24) is 9.80 Å². The van der Waals surface area contributed by atoms with Crippen molar-refractivity contribution in [1.29, 1.82) is 0 Å². The van der Waals surface area contributed by atoms with E-state index in [9.17, 15) is 33.9 Å². The van der Waals surface area contributed by atoms with Gasteiger partial charge in [-0.05, 0) is 36.5 Å². The number of benzene rings is 1. The number of hydrogen-bond acceptors (Lipinski definition) is 11. The minimum atomic E-state index is -1.13. The van der Waals surface area contributed by atoms with Crippen LogP contribution >= 0.6 is 0 Å². The molecule has 1 N–H and O–H groups in total.